The number of aryl methyl sites for hydroxylation is 1. The molecule has 2 N–H and O–H groups in total. The molecule has 92 valence electrons. The molecule has 0 radical (unpaired) electrons. The molecule has 17 heavy (non-hydrogen) atoms. The molecule has 1 rings (SSSR count). The Morgan fingerprint density at radius 1 is 1.29 bits per heavy atom. The summed E-state index contributed by atoms with van der Waals surface area (Å²) in [5.74, 6) is -3.24. The second kappa shape index (κ2) is 5.10. The molecule has 0 fully saturated rings. The van der Waals surface area contributed by atoms with Crippen LogP contribution < -0.4 is 0 Å². The minimum Gasteiger partial charge on any atom is -0.480 e. The summed E-state index contributed by atoms with van der Waals surface area (Å²) in [6.07, 6.45) is 2.62. The van der Waals surface area contributed by atoms with E-state index in [2.05, 4.69) is 4.98 Å². The fraction of sp³-hybridized carbons (Fsp3) is 0.333. The van der Waals surface area contributed by atoms with Crippen molar-refractivity contribution in [2.24, 2.45) is 7.05 Å². The van der Waals surface area contributed by atoms with E-state index in [9.17, 15) is 14.4 Å². The van der Waals surface area contributed by atoms with Gasteiger partial charge < -0.3 is 19.7 Å². The van der Waals surface area contributed by atoms with Crippen molar-refractivity contribution >= 4 is 17.8 Å². The van der Waals surface area contributed by atoms with Crippen LogP contribution in [0.3, 0.4) is 0 Å². The lowest BCUT2D eigenvalue weighted by molar-refractivity contribution is -0.140. The van der Waals surface area contributed by atoms with E-state index in [1.807, 2.05) is 0 Å². The Labute approximate surface area is 96.1 Å². The molecule has 0 spiro atoms. The normalized spacial score (nSPS) is 9.94. The number of carbonyl (C=O) groups excluding carboxylic acids is 1. The molecule has 0 saturated heterocycles. The Bertz CT molecular complexity index is 437. The summed E-state index contributed by atoms with van der Waals surface area (Å²) < 4.78 is 1.39. The zero-order valence-corrected chi connectivity index (χ0v) is 9.03. The van der Waals surface area contributed by atoms with E-state index in [0.29, 0.717) is 0 Å². The minimum atomic E-state index is -1.28. The van der Waals surface area contributed by atoms with Gasteiger partial charge in [-0.2, -0.15) is 0 Å². The summed E-state index contributed by atoms with van der Waals surface area (Å²) in [5, 5.41) is 17.2. The standard InChI is InChI=1S/C9H11N3O5/c1-11-5-10-2-6(11)9(17)12(3-7(13)14)4-8(15)16/h2,5H,3-4H2,1H3,(H,13,14)(H,15,16). The number of hydrogen-bond donors (Lipinski definition) is 2. The van der Waals surface area contributed by atoms with Gasteiger partial charge in [0.2, 0.25) is 0 Å². The van der Waals surface area contributed by atoms with Crippen LogP contribution in [0.5, 0.6) is 0 Å². The molecule has 0 saturated carbocycles. The molecular formula is C9H11N3O5. The van der Waals surface area contributed by atoms with Gasteiger partial charge in [0.1, 0.15) is 18.8 Å². The molecule has 0 aliphatic rings. The maximum Gasteiger partial charge on any atom is 0.323 e. The van der Waals surface area contributed by atoms with Gasteiger partial charge in [0.05, 0.1) is 12.5 Å². The molecule has 1 aromatic heterocycles. The third kappa shape index (κ3) is 3.30. The van der Waals surface area contributed by atoms with Crippen molar-refractivity contribution in [3.8, 4) is 0 Å². The monoisotopic (exact) mass is 241 g/mol. The fourth-order valence-corrected chi connectivity index (χ4v) is 1.25. The van der Waals surface area contributed by atoms with Crippen LogP contribution in [0.1, 0.15) is 10.5 Å². The van der Waals surface area contributed by atoms with Crippen molar-refractivity contribution in [3.63, 3.8) is 0 Å². The van der Waals surface area contributed by atoms with Gasteiger partial charge in [0.25, 0.3) is 5.91 Å². The van der Waals surface area contributed by atoms with Gasteiger partial charge in [0.15, 0.2) is 0 Å². The van der Waals surface area contributed by atoms with Crippen LogP contribution in [0.25, 0.3) is 0 Å². The molecule has 0 aliphatic carbocycles. The molecular weight excluding hydrogens is 230 g/mol. The van der Waals surface area contributed by atoms with Gasteiger partial charge >= 0.3 is 11.9 Å². The average Bonchev–Trinajstić information content (AvgIpc) is 2.61. The van der Waals surface area contributed by atoms with Crippen LogP contribution in [0, 0.1) is 0 Å². The fourth-order valence-electron chi connectivity index (χ4n) is 1.25. The first-order chi connectivity index (χ1) is 7.91. The SMILES string of the molecule is Cn1cncc1C(=O)N(CC(=O)O)CC(=O)O. The lowest BCUT2D eigenvalue weighted by Crippen LogP contribution is -2.40. The molecule has 8 nitrogen and oxygen atoms in total. The Morgan fingerprint density at radius 3 is 2.18 bits per heavy atom. The first-order valence-electron chi connectivity index (χ1n) is 4.61. The highest BCUT2D eigenvalue weighted by atomic mass is 16.4. The highest BCUT2D eigenvalue weighted by molar-refractivity contribution is 5.96. The third-order valence-electron chi connectivity index (χ3n) is 1.98. The van der Waals surface area contributed by atoms with Gasteiger partial charge in [-0.15, -0.1) is 0 Å². The topological polar surface area (TPSA) is 113 Å². The number of carboxylic acids is 2. The van der Waals surface area contributed by atoms with Crippen LogP contribution in [0.15, 0.2) is 12.5 Å². The molecule has 8 heteroatoms. The molecule has 0 aromatic carbocycles. The summed E-state index contributed by atoms with van der Waals surface area (Å²) >= 11 is 0. The van der Waals surface area contributed by atoms with Crippen LogP contribution in [-0.4, -0.2) is 55.6 Å². The van der Waals surface area contributed by atoms with Crippen LogP contribution in [0.2, 0.25) is 0 Å². The lowest BCUT2D eigenvalue weighted by Gasteiger charge is -2.18. The summed E-state index contributed by atoms with van der Waals surface area (Å²) in [6.45, 7) is -1.34. The van der Waals surface area contributed by atoms with E-state index in [-0.39, 0.29) is 5.69 Å². The molecule has 0 bridgehead atoms. The van der Waals surface area contributed by atoms with E-state index < -0.39 is 30.9 Å². The van der Waals surface area contributed by atoms with E-state index in [0.717, 1.165) is 4.90 Å². The van der Waals surface area contributed by atoms with E-state index >= 15 is 0 Å². The molecule has 0 unspecified atom stereocenters. The quantitative estimate of drug-likeness (QED) is 0.685. The second-order valence-corrected chi connectivity index (χ2v) is 3.34. The van der Waals surface area contributed by atoms with E-state index in [4.69, 9.17) is 10.2 Å². The number of nitrogens with zero attached hydrogens (tertiary/aromatic N) is 3. The van der Waals surface area contributed by atoms with Crippen molar-refractivity contribution in [2.45, 2.75) is 0 Å². The zero-order chi connectivity index (χ0) is 13.0. The Balaban J connectivity index is 2.90. The smallest absolute Gasteiger partial charge is 0.323 e. The predicted octanol–water partition coefficient (Wildman–Crippen LogP) is -0.968. The summed E-state index contributed by atoms with van der Waals surface area (Å²) in [7, 11) is 1.56. The van der Waals surface area contributed by atoms with Crippen LogP contribution in [-0.2, 0) is 16.6 Å². The highest BCUT2D eigenvalue weighted by Crippen LogP contribution is 2.03. The zero-order valence-electron chi connectivity index (χ0n) is 9.03. The lowest BCUT2D eigenvalue weighted by atomic mass is 10.3. The number of hydrogen-bond acceptors (Lipinski definition) is 4. The van der Waals surface area contributed by atoms with Crippen molar-refractivity contribution in [2.75, 3.05) is 13.1 Å². The largest absolute Gasteiger partial charge is 0.480 e. The van der Waals surface area contributed by atoms with Crippen LogP contribution >= 0.6 is 0 Å². The number of rotatable bonds is 5. The summed E-state index contributed by atoms with van der Waals surface area (Å²) in [6, 6.07) is 0. The molecule has 0 atom stereocenters. The highest BCUT2D eigenvalue weighted by Gasteiger charge is 2.22. The maximum absolute atomic E-state index is 11.8. The third-order valence-corrected chi connectivity index (χ3v) is 1.98. The number of amides is 1. The van der Waals surface area contributed by atoms with Gasteiger partial charge in [-0.3, -0.25) is 14.4 Å². The molecule has 1 amide bonds. The Hall–Kier alpha value is -2.38. The number of aliphatic carboxylic acids is 2. The van der Waals surface area contributed by atoms with Gasteiger partial charge in [-0.1, -0.05) is 0 Å². The second-order valence-electron chi connectivity index (χ2n) is 3.34. The van der Waals surface area contributed by atoms with Crippen molar-refractivity contribution in [1.82, 2.24) is 14.5 Å². The van der Waals surface area contributed by atoms with Crippen molar-refractivity contribution in [3.05, 3.63) is 18.2 Å². The number of imidazole rings is 1. The number of carboxylic acid groups (broad SMARTS) is 2. The summed E-state index contributed by atoms with van der Waals surface area (Å²) in [5.41, 5.74) is 0.132. The number of carbonyl (C=O) groups is 3. The van der Waals surface area contributed by atoms with E-state index in [1.165, 1.54) is 17.1 Å². The predicted molar refractivity (Wildman–Crippen MR) is 54.4 cm³/mol. The van der Waals surface area contributed by atoms with Gasteiger partial charge in [-0.25, -0.2) is 4.98 Å². The van der Waals surface area contributed by atoms with Crippen LogP contribution in [0.4, 0.5) is 0 Å². The van der Waals surface area contributed by atoms with Crippen molar-refractivity contribution in [1.29, 1.82) is 0 Å². The summed E-state index contributed by atoms with van der Waals surface area (Å²) in [4.78, 5) is 37.3. The first-order valence-corrected chi connectivity index (χ1v) is 4.61. The first kappa shape index (κ1) is 12.7. The Kier molecular flexibility index (Phi) is 3.81. The maximum atomic E-state index is 11.8. The molecule has 1 heterocycles. The molecule has 0 aliphatic heterocycles. The molecule has 1 aromatic rings. The number of aromatic nitrogens is 2. The van der Waals surface area contributed by atoms with E-state index in [1.54, 1.807) is 7.05 Å². The Morgan fingerprint density at radius 2 is 1.82 bits per heavy atom. The minimum absolute atomic E-state index is 0.132. The van der Waals surface area contributed by atoms with Gasteiger partial charge in [0, 0.05) is 7.05 Å². The van der Waals surface area contributed by atoms with Crippen molar-refractivity contribution < 1.29 is 24.6 Å². The average molecular weight is 241 g/mol. The van der Waals surface area contributed by atoms with Gasteiger partial charge in [-0.05, 0) is 0 Å².